The predicted molar refractivity (Wildman–Crippen MR) is 76.7 cm³/mol. The minimum atomic E-state index is -4.44. The number of alkyl halides is 3. The number of rotatable bonds is 3. The number of aromatic nitrogens is 4. The number of hydrogen-bond donors (Lipinski definition) is 2. The van der Waals surface area contributed by atoms with Gasteiger partial charge in [0.05, 0.1) is 5.69 Å². The van der Waals surface area contributed by atoms with Crippen LogP contribution in [0.25, 0.3) is 22.3 Å². The molecule has 0 aliphatic carbocycles. The Labute approximate surface area is 128 Å². The molecule has 120 valence electrons. The molecule has 0 aromatic carbocycles. The molecule has 0 unspecified atom stereocenters. The van der Waals surface area contributed by atoms with Crippen molar-refractivity contribution in [3.05, 3.63) is 36.5 Å². The van der Waals surface area contributed by atoms with Gasteiger partial charge in [-0.2, -0.15) is 13.2 Å². The molecule has 2 N–H and O–H groups in total. The Hall–Kier alpha value is -2.84. The molecule has 3 aromatic rings. The van der Waals surface area contributed by atoms with E-state index in [1.807, 2.05) is 0 Å². The van der Waals surface area contributed by atoms with Gasteiger partial charge in [0.15, 0.2) is 0 Å². The predicted octanol–water partition coefficient (Wildman–Crippen LogP) is 2.59. The molecule has 3 heterocycles. The van der Waals surface area contributed by atoms with E-state index in [9.17, 15) is 18.0 Å². The van der Waals surface area contributed by atoms with E-state index in [1.165, 1.54) is 18.6 Å². The Morgan fingerprint density at radius 3 is 2.83 bits per heavy atom. The van der Waals surface area contributed by atoms with Crippen molar-refractivity contribution in [1.82, 2.24) is 24.8 Å². The van der Waals surface area contributed by atoms with Gasteiger partial charge >= 0.3 is 6.18 Å². The Morgan fingerprint density at radius 2 is 2.09 bits per heavy atom. The maximum atomic E-state index is 12.4. The van der Waals surface area contributed by atoms with Gasteiger partial charge in [0.25, 0.3) is 5.91 Å². The highest BCUT2D eigenvalue weighted by Crippen LogP contribution is 2.26. The van der Waals surface area contributed by atoms with Crippen LogP contribution in [0.3, 0.4) is 0 Å². The maximum Gasteiger partial charge on any atom is 0.406 e. The number of carbonyl (C=O) groups is 1. The summed E-state index contributed by atoms with van der Waals surface area (Å²) in [4.78, 5) is 26.5. The zero-order valence-electron chi connectivity index (χ0n) is 12.0. The van der Waals surface area contributed by atoms with E-state index in [4.69, 9.17) is 0 Å². The highest BCUT2D eigenvalue weighted by molar-refractivity contribution is 5.96. The Kier molecular flexibility index (Phi) is 3.55. The van der Waals surface area contributed by atoms with Gasteiger partial charge in [0.2, 0.25) is 0 Å². The first-order valence-corrected chi connectivity index (χ1v) is 6.64. The summed E-state index contributed by atoms with van der Waals surface area (Å²) in [5.74, 6) is -0.743. The normalized spacial score (nSPS) is 11.8. The van der Waals surface area contributed by atoms with E-state index >= 15 is 0 Å². The minimum Gasteiger partial charge on any atom is -0.357 e. The molecular weight excluding hydrogens is 311 g/mol. The molecular formula is C14H12F3N5O. The van der Waals surface area contributed by atoms with Crippen LogP contribution in [-0.2, 0) is 0 Å². The molecule has 9 heteroatoms. The molecule has 1 amide bonds. The summed E-state index contributed by atoms with van der Waals surface area (Å²) in [6.45, 7) is -1.31. The quantitative estimate of drug-likeness (QED) is 0.778. The monoisotopic (exact) mass is 323 g/mol. The van der Waals surface area contributed by atoms with E-state index in [-0.39, 0.29) is 5.69 Å². The number of amides is 1. The lowest BCUT2D eigenvalue weighted by Gasteiger charge is -2.17. The molecule has 0 fully saturated rings. The summed E-state index contributed by atoms with van der Waals surface area (Å²) in [6, 6.07) is 3.26. The highest BCUT2D eigenvalue weighted by Gasteiger charge is 2.31. The molecule has 3 aromatic heterocycles. The molecule has 0 spiro atoms. The first-order chi connectivity index (χ1) is 10.8. The lowest BCUT2D eigenvalue weighted by atomic mass is 10.1. The summed E-state index contributed by atoms with van der Waals surface area (Å²) in [7, 11) is 1.10. The number of fused-ring (bicyclic) bond motifs is 1. The van der Waals surface area contributed by atoms with E-state index in [2.05, 4.69) is 19.9 Å². The fraction of sp³-hybridized carbons (Fsp3) is 0.214. The number of H-pyrrole nitrogens is 2. The van der Waals surface area contributed by atoms with Crippen LogP contribution in [0, 0.1) is 0 Å². The van der Waals surface area contributed by atoms with Crippen molar-refractivity contribution in [3.63, 3.8) is 0 Å². The van der Waals surface area contributed by atoms with E-state index < -0.39 is 18.6 Å². The van der Waals surface area contributed by atoms with Crippen LogP contribution in [0.2, 0.25) is 0 Å². The SMILES string of the molecule is CN(CC(F)(F)F)C(=O)c1cc(-c2ncnc3[nH]ccc23)c[nH]1. The molecule has 0 saturated heterocycles. The van der Waals surface area contributed by atoms with Crippen molar-refractivity contribution in [2.75, 3.05) is 13.6 Å². The second-order valence-corrected chi connectivity index (χ2v) is 5.04. The summed E-state index contributed by atoms with van der Waals surface area (Å²) in [5.41, 5.74) is 1.89. The van der Waals surface area contributed by atoms with E-state index in [0.717, 1.165) is 12.4 Å². The number of aromatic amines is 2. The van der Waals surface area contributed by atoms with Crippen molar-refractivity contribution >= 4 is 16.9 Å². The fourth-order valence-electron chi connectivity index (χ4n) is 2.30. The average molecular weight is 323 g/mol. The van der Waals surface area contributed by atoms with Gasteiger partial charge in [0.1, 0.15) is 24.2 Å². The van der Waals surface area contributed by atoms with Crippen molar-refractivity contribution in [3.8, 4) is 11.3 Å². The third-order valence-electron chi connectivity index (χ3n) is 3.30. The number of nitrogens with one attached hydrogen (secondary N) is 2. The van der Waals surface area contributed by atoms with Crippen molar-refractivity contribution in [2.24, 2.45) is 0 Å². The number of nitrogens with zero attached hydrogens (tertiary/aromatic N) is 3. The number of halogens is 3. The molecule has 0 bridgehead atoms. The van der Waals surface area contributed by atoms with Crippen molar-refractivity contribution < 1.29 is 18.0 Å². The first-order valence-electron chi connectivity index (χ1n) is 6.64. The van der Waals surface area contributed by atoms with E-state index in [1.54, 1.807) is 12.3 Å². The van der Waals surface area contributed by atoms with Crippen LogP contribution in [0.1, 0.15) is 10.5 Å². The molecule has 0 atom stereocenters. The van der Waals surface area contributed by atoms with Gasteiger partial charge in [-0.05, 0) is 12.1 Å². The summed E-state index contributed by atoms with van der Waals surface area (Å²) >= 11 is 0. The molecule has 0 saturated carbocycles. The van der Waals surface area contributed by atoms with Crippen LogP contribution < -0.4 is 0 Å². The summed E-state index contributed by atoms with van der Waals surface area (Å²) in [6.07, 6.45) is 0.171. The number of hydrogen-bond acceptors (Lipinski definition) is 3. The van der Waals surface area contributed by atoms with Crippen molar-refractivity contribution in [1.29, 1.82) is 0 Å². The molecule has 3 rings (SSSR count). The Balaban J connectivity index is 1.89. The lowest BCUT2D eigenvalue weighted by molar-refractivity contribution is -0.138. The first kappa shape index (κ1) is 15.1. The topological polar surface area (TPSA) is 77.7 Å². The zero-order valence-corrected chi connectivity index (χ0v) is 12.0. The van der Waals surface area contributed by atoms with Crippen LogP contribution in [-0.4, -0.2) is 50.5 Å². The van der Waals surface area contributed by atoms with E-state index in [0.29, 0.717) is 21.8 Å². The van der Waals surface area contributed by atoms with Crippen LogP contribution >= 0.6 is 0 Å². The highest BCUT2D eigenvalue weighted by atomic mass is 19.4. The van der Waals surface area contributed by atoms with Crippen molar-refractivity contribution in [2.45, 2.75) is 6.18 Å². The Bertz CT molecular complexity index is 851. The van der Waals surface area contributed by atoms with Gasteiger partial charge in [-0.3, -0.25) is 4.79 Å². The van der Waals surface area contributed by atoms with Gasteiger partial charge in [-0.25, -0.2) is 9.97 Å². The number of carbonyl (C=O) groups excluding carboxylic acids is 1. The fourth-order valence-corrected chi connectivity index (χ4v) is 2.30. The molecule has 0 radical (unpaired) electrons. The van der Waals surface area contributed by atoms with Gasteiger partial charge < -0.3 is 14.9 Å². The Morgan fingerprint density at radius 1 is 1.30 bits per heavy atom. The standard InChI is InChI=1S/C14H12F3N5O/c1-22(6-14(15,16)17)13(23)10-4-8(5-19-10)11-9-2-3-18-12(9)21-7-20-11/h2-5,7,19H,6H2,1H3,(H,18,20,21). The van der Waals surface area contributed by atoms with Gasteiger partial charge in [-0.15, -0.1) is 0 Å². The molecule has 23 heavy (non-hydrogen) atoms. The van der Waals surface area contributed by atoms with Crippen LogP contribution in [0.15, 0.2) is 30.9 Å². The average Bonchev–Trinajstić information content (AvgIpc) is 3.13. The third kappa shape index (κ3) is 3.03. The second-order valence-electron chi connectivity index (χ2n) is 5.04. The second kappa shape index (κ2) is 5.41. The zero-order chi connectivity index (χ0) is 16.6. The molecule has 6 nitrogen and oxygen atoms in total. The van der Waals surface area contributed by atoms with Gasteiger partial charge in [-0.1, -0.05) is 0 Å². The molecule has 0 aliphatic rings. The molecule has 0 aliphatic heterocycles. The summed E-state index contributed by atoms with van der Waals surface area (Å²) in [5, 5.41) is 0.758. The smallest absolute Gasteiger partial charge is 0.357 e. The maximum absolute atomic E-state index is 12.4. The third-order valence-corrected chi connectivity index (χ3v) is 3.30. The largest absolute Gasteiger partial charge is 0.406 e. The lowest BCUT2D eigenvalue weighted by Crippen LogP contribution is -2.35. The van der Waals surface area contributed by atoms with Crippen LogP contribution in [0.5, 0.6) is 0 Å². The van der Waals surface area contributed by atoms with Crippen LogP contribution in [0.4, 0.5) is 13.2 Å². The summed E-state index contributed by atoms with van der Waals surface area (Å²) < 4.78 is 37.1. The minimum absolute atomic E-state index is 0.0639. The van der Waals surface area contributed by atoms with Gasteiger partial charge in [0, 0.05) is 30.4 Å².